The van der Waals surface area contributed by atoms with Crippen molar-refractivity contribution in [1.82, 2.24) is 24.8 Å². The quantitative estimate of drug-likeness (QED) is 0.608. The van der Waals surface area contributed by atoms with Gasteiger partial charge in [-0.25, -0.2) is 4.98 Å². The van der Waals surface area contributed by atoms with Crippen molar-refractivity contribution < 1.29 is 22.5 Å². The fourth-order valence-corrected chi connectivity index (χ4v) is 4.13. The number of rotatable bonds is 3. The van der Waals surface area contributed by atoms with Crippen LogP contribution in [0.2, 0.25) is 0 Å². The topological polar surface area (TPSA) is 77.0 Å². The Kier molecular flexibility index (Phi) is 5.26. The molecule has 1 fully saturated rings. The van der Waals surface area contributed by atoms with E-state index in [1.54, 1.807) is 43.6 Å². The predicted molar refractivity (Wildman–Crippen MR) is 107 cm³/mol. The highest BCUT2D eigenvalue weighted by molar-refractivity contribution is 5.95. The molecule has 4 heterocycles. The van der Waals surface area contributed by atoms with Crippen molar-refractivity contribution in [3.63, 3.8) is 0 Å². The molecule has 3 aromatic heterocycles. The van der Waals surface area contributed by atoms with Crippen LogP contribution in [0.3, 0.4) is 0 Å². The molecule has 10 heteroatoms. The van der Waals surface area contributed by atoms with E-state index in [9.17, 15) is 18.0 Å². The van der Waals surface area contributed by atoms with Crippen molar-refractivity contribution in [1.29, 1.82) is 0 Å². The summed E-state index contributed by atoms with van der Waals surface area (Å²) >= 11 is 0. The van der Waals surface area contributed by atoms with Crippen LogP contribution in [0.15, 0.2) is 16.8 Å². The summed E-state index contributed by atoms with van der Waals surface area (Å²) in [6, 6.07) is 1.09. The maximum Gasteiger partial charge on any atom is 0.417 e. The second kappa shape index (κ2) is 7.65. The van der Waals surface area contributed by atoms with Gasteiger partial charge in [-0.2, -0.15) is 18.3 Å². The van der Waals surface area contributed by atoms with Gasteiger partial charge in [-0.15, -0.1) is 0 Å². The molecule has 0 unspecified atom stereocenters. The molecule has 0 aliphatic carbocycles. The van der Waals surface area contributed by atoms with Crippen LogP contribution in [-0.4, -0.2) is 43.8 Å². The lowest BCUT2D eigenvalue weighted by Gasteiger charge is -2.31. The summed E-state index contributed by atoms with van der Waals surface area (Å²) in [5.74, 6) is -0.536. The number of alkyl halides is 3. The standard InChI is InChI=1S/C21H24F3N5O2/c1-11(2)16-9-15(21(22,23)24)17-18(27-31-19(17)25-16)13-5-7-29(8-6-13)20(30)14-10-28(4)26-12(14)3/h9-11,13H,5-8H2,1-4H3. The van der Waals surface area contributed by atoms with Crippen LogP contribution in [0, 0.1) is 6.92 Å². The predicted octanol–water partition coefficient (Wildman–Crippen LogP) is 4.43. The average Bonchev–Trinajstić information content (AvgIpc) is 3.28. The molecule has 1 aliphatic heterocycles. The number of aryl methyl sites for hydroxylation is 2. The van der Waals surface area contributed by atoms with Crippen LogP contribution < -0.4 is 0 Å². The summed E-state index contributed by atoms with van der Waals surface area (Å²) < 4.78 is 48.3. The molecule has 3 aromatic rings. The molecule has 4 rings (SSSR count). The van der Waals surface area contributed by atoms with E-state index in [-0.39, 0.29) is 34.5 Å². The fraction of sp³-hybridized carbons (Fsp3) is 0.524. The highest BCUT2D eigenvalue weighted by Gasteiger charge is 2.38. The lowest BCUT2D eigenvalue weighted by molar-refractivity contribution is -0.136. The number of carbonyl (C=O) groups is 1. The normalized spacial score (nSPS) is 15.9. The Morgan fingerprint density at radius 3 is 2.48 bits per heavy atom. The van der Waals surface area contributed by atoms with E-state index in [4.69, 9.17) is 4.52 Å². The van der Waals surface area contributed by atoms with E-state index < -0.39 is 11.7 Å². The first kappa shape index (κ1) is 21.3. The lowest BCUT2D eigenvalue weighted by Crippen LogP contribution is -2.38. The van der Waals surface area contributed by atoms with Gasteiger partial charge in [-0.1, -0.05) is 19.0 Å². The van der Waals surface area contributed by atoms with Gasteiger partial charge in [0.15, 0.2) is 0 Å². The Morgan fingerprint density at radius 2 is 1.94 bits per heavy atom. The lowest BCUT2D eigenvalue weighted by atomic mass is 9.90. The molecule has 0 saturated carbocycles. The third-order valence-corrected chi connectivity index (χ3v) is 5.80. The number of aromatic nitrogens is 4. The minimum atomic E-state index is -4.54. The third kappa shape index (κ3) is 3.90. The molecule has 1 aliphatic rings. The van der Waals surface area contributed by atoms with Gasteiger partial charge in [0.2, 0.25) is 0 Å². The maximum absolute atomic E-state index is 13.8. The van der Waals surface area contributed by atoms with Crippen LogP contribution >= 0.6 is 0 Å². The number of piperidine rings is 1. The molecule has 0 N–H and O–H groups in total. The summed E-state index contributed by atoms with van der Waals surface area (Å²) in [7, 11) is 1.75. The zero-order valence-corrected chi connectivity index (χ0v) is 17.8. The second-order valence-electron chi connectivity index (χ2n) is 8.36. The summed E-state index contributed by atoms with van der Waals surface area (Å²) in [4.78, 5) is 18.8. The minimum Gasteiger partial charge on any atom is -0.338 e. The van der Waals surface area contributed by atoms with Crippen LogP contribution in [-0.2, 0) is 13.2 Å². The molecule has 1 amide bonds. The molecule has 0 atom stereocenters. The second-order valence-corrected chi connectivity index (χ2v) is 8.36. The van der Waals surface area contributed by atoms with Crippen molar-refractivity contribution in [3.8, 4) is 0 Å². The number of hydrogen-bond acceptors (Lipinski definition) is 5. The van der Waals surface area contributed by atoms with Gasteiger partial charge in [0.1, 0.15) is 0 Å². The van der Waals surface area contributed by atoms with Crippen LogP contribution in [0.4, 0.5) is 13.2 Å². The van der Waals surface area contributed by atoms with Crippen LogP contribution in [0.25, 0.3) is 11.1 Å². The SMILES string of the molecule is Cc1nn(C)cc1C(=O)N1CCC(c2noc3nc(C(C)C)cc(C(F)(F)F)c23)CC1. The van der Waals surface area contributed by atoms with E-state index in [0.29, 0.717) is 42.9 Å². The molecular formula is C21H24F3N5O2. The van der Waals surface area contributed by atoms with Crippen molar-refractivity contribution in [2.24, 2.45) is 7.05 Å². The van der Waals surface area contributed by atoms with Crippen LogP contribution in [0.1, 0.15) is 71.5 Å². The van der Waals surface area contributed by atoms with Crippen molar-refractivity contribution in [2.45, 2.75) is 51.6 Å². The van der Waals surface area contributed by atoms with Gasteiger partial charge < -0.3 is 9.42 Å². The van der Waals surface area contributed by atoms with E-state index in [1.807, 2.05) is 0 Å². The van der Waals surface area contributed by atoms with E-state index in [1.165, 1.54) is 0 Å². The van der Waals surface area contributed by atoms with Gasteiger partial charge >= 0.3 is 6.18 Å². The van der Waals surface area contributed by atoms with E-state index in [2.05, 4.69) is 15.2 Å². The average molecular weight is 435 g/mol. The number of likely N-dealkylation sites (tertiary alicyclic amines) is 1. The number of halogens is 3. The fourth-order valence-electron chi connectivity index (χ4n) is 4.13. The minimum absolute atomic E-state index is 0.0650. The summed E-state index contributed by atoms with van der Waals surface area (Å²) in [6.07, 6.45) is -1.87. The summed E-state index contributed by atoms with van der Waals surface area (Å²) in [5.41, 5.74) is 0.932. The highest BCUT2D eigenvalue weighted by Crippen LogP contribution is 2.41. The molecule has 1 saturated heterocycles. The number of carbonyl (C=O) groups excluding carboxylic acids is 1. The smallest absolute Gasteiger partial charge is 0.338 e. The first-order valence-corrected chi connectivity index (χ1v) is 10.2. The van der Waals surface area contributed by atoms with Crippen molar-refractivity contribution in [3.05, 3.63) is 40.5 Å². The Bertz CT molecular complexity index is 1120. The van der Waals surface area contributed by atoms with Crippen LogP contribution in [0.5, 0.6) is 0 Å². The molecule has 7 nitrogen and oxygen atoms in total. The Morgan fingerprint density at radius 1 is 1.26 bits per heavy atom. The molecular weight excluding hydrogens is 411 g/mol. The third-order valence-electron chi connectivity index (χ3n) is 5.80. The zero-order valence-electron chi connectivity index (χ0n) is 17.8. The van der Waals surface area contributed by atoms with Crippen molar-refractivity contribution in [2.75, 3.05) is 13.1 Å². The Hall–Kier alpha value is -2.91. The summed E-state index contributed by atoms with van der Waals surface area (Å²) in [6.45, 7) is 6.18. The van der Waals surface area contributed by atoms with E-state index >= 15 is 0 Å². The van der Waals surface area contributed by atoms with Gasteiger partial charge in [-0.05, 0) is 31.7 Å². The van der Waals surface area contributed by atoms with Gasteiger partial charge in [0, 0.05) is 37.9 Å². The first-order valence-electron chi connectivity index (χ1n) is 10.2. The first-order chi connectivity index (χ1) is 14.6. The number of pyridine rings is 1. The van der Waals surface area contributed by atoms with E-state index in [0.717, 1.165) is 6.07 Å². The molecule has 31 heavy (non-hydrogen) atoms. The largest absolute Gasteiger partial charge is 0.417 e. The van der Waals surface area contributed by atoms with Gasteiger partial charge in [0.05, 0.1) is 27.9 Å². The highest BCUT2D eigenvalue weighted by atomic mass is 19.4. The van der Waals surface area contributed by atoms with Gasteiger partial charge in [-0.3, -0.25) is 9.48 Å². The number of amides is 1. The summed E-state index contributed by atoms with van der Waals surface area (Å²) in [5, 5.41) is 8.12. The Labute approximate surface area is 177 Å². The molecule has 0 spiro atoms. The molecule has 166 valence electrons. The number of hydrogen-bond donors (Lipinski definition) is 0. The zero-order chi connectivity index (χ0) is 22.5. The van der Waals surface area contributed by atoms with Crippen molar-refractivity contribution >= 4 is 17.0 Å². The molecule has 0 bridgehead atoms. The Balaban J connectivity index is 1.61. The van der Waals surface area contributed by atoms with Gasteiger partial charge in [0.25, 0.3) is 11.6 Å². The molecule has 0 radical (unpaired) electrons. The number of fused-ring (bicyclic) bond motifs is 1. The molecule has 0 aromatic carbocycles. The maximum atomic E-state index is 13.8. The monoisotopic (exact) mass is 435 g/mol. The number of nitrogens with zero attached hydrogens (tertiary/aromatic N) is 5.